The minimum absolute atomic E-state index is 0.00934. The maximum absolute atomic E-state index is 5.90. The molecule has 1 atom stereocenters. The van der Waals surface area contributed by atoms with Gasteiger partial charge in [-0.1, -0.05) is 6.07 Å². The van der Waals surface area contributed by atoms with E-state index in [1.54, 1.807) is 6.20 Å². The van der Waals surface area contributed by atoms with Gasteiger partial charge in [0.2, 0.25) is 0 Å². The molecule has 0 radical (unpaired) electrons. The molecule has 16 heavy (non-hydrogen) atoms. The summed E-state index contributed by atoms with van der Waals surface area (Å²) in [6.45, 7) is 4.90. The van der Waals surface area contributed by atoms with Gasteiger partial charge in [0, 0.05) is 18.8 Å². The average Bonchev–Trinajstić information content (AvgIpc) is 2.73. The lowest BCUT2D eigenvalue weighted by atomic mass is 10.2. The Kier molecular flexibility index (Phi) is 3.01. The molecule has 1 unspecified atom stereocenters. The highest BCUT2D eigenvalue weighted by atomic mass is 15.1. The third kappa shape index (κ3) is 1.84. The third-order valence-electron chi connectivity index (χ3n) is 2.56. The van der Waals surface area contributed by atoms with Crippen LogP contribution in [-0.2, 0) is 6.54 Å². The van der Waals surface area contributed by atoms with Crippen LogP contribution >= 0.6 is 0 Å². The first-order valence-corrected chi connectivity index (χ1v) is 5.46. The van der Waals surface area contributed by atoms with E-state index in [-0.39, 0.29) is 6.04 Å². The Balaban J connectivity index is 2.50. The highest BCUT2D eigenvalue weighted by Gasteiger charge is 2.13. The van der Waals surface area contributed by atoms with Crippen LogP contribution < -0.4 is 5.73 Å². The van der Waals surface area contributed by atoms with Gasteiger partial charge in [0.15, 0.2) is 5.82 Å². The first-order chi connectivity index (χ1) is 7.74. The number of nitrogens with zero attached hydrogens (tertiary/aromatic N) is 3. The summed E-state index contributed by atoms with van der Waals surface area (Å²) in [6, 6.07) is 5.81. The van der Waals surface area contributed by atoms with E-state index in [0.29, 0.717) is 0 Å². The first kappa shape index (κ1) is 10.8. The van der Waals surface area contributed by atoms with Gasteiger partial charge in [0.05, 0.1) is 11.9 Å². The maximum Gasteiger partial charge on any atom is 0.158 e. The van der Waals surface area contributed by atoms with E-state index in [9.17, 15) is 0 Å². The van der Waals surface area contributed by atoms with Gasteiger partial charge in [0.1, 0.15) is 5.69 Å². The molecule has 0 saturated heterocycles. The van der Waals surface area contributed by atoms with E-state index < -0.39 is 0 Å². The normalized spacial score (nSPS) is 12.7. The summed E-state index contributed by atoms with van der Waals surface area (Å²) in [5.74, 6) is 0.885. The van der Waals surface area contributed by atoms with Crippen LogP contribution in [-0.4, -0.2) is 14.5 Å². The number of hydrogen-bond acceptors (Lipinski definition) is 3. The van der Waals surface area contributed by atoms with E-state index in [1.165, 1.54) is 0 Å². The van der Waals surface area contributed by atoms with E-state index in [4.69, 9.17) is 5.73 Å². The Bertz CT molecular complexity index is 459. The molecule has 0 amide bonds. The molecule has 2 rings (SSSR count). The lowest BCUT2D eigenvalue weighted by Gasteiger charge is -2.11. The molecule has 84 valence electrons. The monoisotopic (exact) mass is 216 g/mol. The number of imidazole rings is 1. The van der Waals surface area contributed by atoms with Crippen LogP contribution in [0, 0.1) is 0 Å². The molecule has 0 aliphatic rings. The largest absolute Gasteiger partial charge is 0.326 e. The second-order valence-corrected chi connectivity index (χ2v) is 3.75. The van der Waals surface area contributed by atoms with E-state index in [1.807, 2.05) is 31.3 Å². The molecule has 2 heterocycles. The van der Waals surface area contributed by atoms with Crippen LogP contribution in [0.1, 0.15) is 25.6 Å². The molecule has 4 nitrogen and oxygen atoms in total. The fourth-order valence-electron chi connectivity index (χ4n) is 1.78. The van der Waals surface area contributed by atoms with Gasteiger partial charge < -0.3 is 10.3 Å². The van der Waals surface area contributed by atoms with Gasteiger partial charge in [0.25, 0.3) is 0 Å². The van der Waals surface area contributed by atoms with Crippen molar-refractivity contribution in [2.24, 2.45) is 5.73 Å². The summed E-state index contributed by atoms with van der Waals surface area (Å²) in [6.07, 6.45) is 3.60. The van der Waals surface area contributed by atoms with E-state index in [2.05, 4.69) is 21.5 Å². The van der Waals surface area contributed by atoms with E-state index >= 15 is 0 Å². The van der Waals surface area contributed by atoms with Gasteiger partial charge in [-0.3, -0.25) is 4.98 Å². The van der Waals surface area contributed by atoms with Crippen LogP contribution in [0.2, 0.25) is 0 Å². The Morgan fingerprint density at radius 3 is 2.75 bits per heavy atom. The molecule has 2 aromatic heterocycles. The fourth-order valence-corrected chi connectivity index (χ4v) is 1.78. The highest BCUT2D eigenvalue weighted by molar-refractivity contribution is 5.50. The van der Waals surface area contributed by atoms with Gasteiger partial charge in [-0.05, 0) is 26.0 Å². The molecule has 0 fully saturated rings. The smallest absolute Gasteiger partial charge is 0.158 e. The quantitative estimate of drug-likeness (QED) is 0.853. The van der Waals surface area contributed by atoms with Crippen molar-refractivity contribution >= 4 is 0 Å². The minimum Gasteiger partial charge on any atom is -0.326 e. The van der Waals surface area contributed by atoms with Crippen molar-refractivity contribution in [3.63, 3.8) is 0 Å². The Labute approximate surface area is 95.1 Å². The average molecular weight is 216 g/mol. The zero-order valence-corrected chi connectivity index (χ0v) is 9.59. The molecular formula is C12H16N4. The second-order valence-electron chi connectivity index (χ2n) is 3.75. The minimum atomic E-state index is -0.00934. The SMILES string of the molecule is CCn1c(C(C)N)cnc1-c1ccccn1. The number of rotatable bonds is 3. The van der Waals surface area contributed by atoms with Crippen LogP contribution in [0.25, 0.3) is 11.5 Å². The standard InChI is InChI=1S/C12H16N4/c1-3-16-11(9(2)13)8-15-12(16)10-6-4-5-7-14-10/h4-9H,3,13H2,1-2H3. The van der Waals surface area contributed by atoms with Gasteiger partial charge in [-0.2, -0.15) is 0 Å². The zero-order valence-electron chi connectivity index (χ0n) is 9.59. The molecule has 2 aromatic rings. The van der Waals surface area contributed by atoms with Crippen LogP contribution in [0.4, 0.5) is 0 Å². The first-order valence-electron chi connectivity index (χ1n) is 5.46. The summed E-state index contributed by atoms with van der Waals surface area (Å²) < 4.78 is 2.10. The molecule has 0 aliphatic heterocycles. The van der Waals surface area contributed by atoms with Crippen LogP contribution in [0.3, 0.4) is 0 Å². The molecule has 2 N–H and O–H groups in total. The van der Waals surface area contributed by atoms with Crippen molar-refractivity contribution in [1.82, 2.24) is 14.5 Å². The Morgan fingerprint density at radius 2 is 2.19 bits per heavy atom. The topological polar surface area (TPSA) is 56.7 Å². The van der Waals surface area contributed by atoms with Crippen molar-refractivity contribution in [1.29, 1.82) is 0 Å². The van der Waals surface area contributed by atoms with Gasteiger partial charge >= 0.3 is 0 Å². The fraction of sp³-hybridized carbons (Fsp3) is 0.333. The number of hydrogen-bond donors (Lipinski definition) is 1. The molecule has 4 heteroatoms. The molecular weight excluding hydrogens is 200 g/mol. The molecule has 0 aromatic carbocycles. The summed E-state index contributed by atoms with van der Waals surface area (Å²) in [5.41, 5.74) is 7.83. The maximum atomic E-state index is 5.90. The van der Waals surface area contributed by atoms with Crippen molar-refractivity contribution in [2.45, 2.75) is 26.4 Å². The zero-order chi connectivity index (χ0) is 11.5. The molecule has 0 saturated carbocycles. The second kappa shape index (κ2) is 4.45. The van der Waals surface area contributed by atoms with Gasteiger partial charge in [-0.15, -0.1) is 0 Å². The molecule has 0 aliphatic carbocycles. The van der Waals surface area contributed by atoms with Crippen LogP contribution in [0.5, 0.6) is 0 Å². The van der Waals surface area contributed by atoms with Crippen LogP contribution in [0.15, 0.2) is 30.6 Å². The van der Waals surface area contributed by atoms with Crippen molar-refractivity contribution in [2.75, 3.05) is 0 Å². The third-order valence-corrected chi connectivity index (χ3v) is 2.56. The number of aromatic nitrogens is 3. The molecule has 0 spiro atoms. The predicted molar refractivity (Wildman–Crippen MR) is 63.7 cm³/mol. The predicted octanol–water partition coefficient (Wildman–Crippen LogP) is 1.98. The Morgan fingerprint density at radius 1 is 1.38 bits per heavy atom. The lowest BCUT2D eigenvalue weighted by Crippen LogP contribution is -2.12. The number of pyridine rings is 1. The van der Waals surface area contributed by atoms with Crippen molar-refractivity contribution in [3.05, 3.63) is 36.3 Å². The Hall–Kier alpha value is -1.68. The summed E-state index contributed by atoms with van der Waals surface area (Å²) in [7, 11) is 0. The van der Waals surface area contributed by atoms with E-state index in [0.717, 1.165) is 23.8 Å². The summed E-state index contributed by atoms with van der Waals surface area (Å²) in [4.78, 5) is 8.71. The highest BCUT2D eigenvalue weighted by Crippen LogP contribution is 2.20. The van der Waals surface area contributed by atoms with Crippen molar-refractivity contribution in [3.8, 4) is 11.5 Å². The molecule has 0 bridgehead atoms. The van der Waals surface area contributed by atoms with Crippen molar-refractivity contribution < 1.29 is 0 Å². The lowest BCUT2D eigenvalue weighted by molar-refractivity contribution is 0.661. The number of nitrogens with two attached hydrogens (primary N) is 1. The summed E-state index contributed by atoms with van der Waals surface area (Å²) in [5, 5.41) is 0. The van der Waals surface area contributed by atoms with Gasteiger partial charge in [-0.25, -0.2) is 4.98 Å². The summed E-state index contributed by atoms with van der Waals surface area (Å²) >= 11 is 0.